The summed E-state index contributed by atoms with van der Waals surface area (Å²) in [5.74, 6) is 1.91. The molecule has 10 heteroatoms. The van der Waals surface area contributed by atoms with Gasteiger partial charge in [0.15, 0.2) is 0 Å². The van der Waals surface area contributed by atoms with Crippen LogP contribution in [0.1, 0.15) is 64.2 Å². The van der Waals surface area contributed by atoms with E-state index in [-0.39, 0.29) is 17.8 Å². The first-order chi connectivity index (χ1) is 17.4. The molecule has 0 spiro atoms. The van der Waals surface area contributed by atoms with Crippen molar-refractivity contribution < 1.29 is 9.26 Å². The van der Waals surface area contributed by atoms with Crippen molar-refractivity contribution in [2.45, 2.75) is 58.4 Å². The Morgan fingerprint density at radius 2 is 1.97 bits per heavy atom. The summed E-state index contributed by atoms with van der Waals surface area (Å²) in [4.78, 5) is 28.6. The normalized spacial score (nSPS) is 20.0. The molecule has 1 aliphatic rings. The molecule has 2 unspecified atom stereocenters. The summed E-state index contributed by atoms with van der Waals surface area (Å²) in [5, 5.41) is 4.36. The molecule has 1 aliphatic carbocycles. The molecule has 4 aromatic heterocycles. The van der Waals surface area contributed by atoms with Crippen molar-refractivity contribution >= 4 is 22.6 Å². The fourth-order valence-corrected chi connectivity index (χ4v) is 5.58. The Kier molecular flexibility index (Phi) is 6.94. The summed E-state index contributed by atoms with van der Waals surface area (Å²) < 4.78 is 12.6. The number of hydrogen-bond donors (Lipinski definition) is 1. The van der Waals surface area contributed by atoms with Gasteiger partial charge in [-0.3, -0.25) is 14.5 Å². The van der Waals surface area contributed by atoms with E-state index in [2.05, 4.69) is 40.5 Å². The van der Waals surface area contributed by atoms with Crippen LogP contribution in [0, 0.1) is 11.8 Å². The number of H-pyrrole nitrogens is 1. The zero-order valence-corrected chi connectivity index (χ0v) is 21.7. The molecule has 4 aromatic rings. The lowest BCUT2D eigenvalue weighted by atomic mass is 9.79. The molecule has 0 radical (unpaired) electrons. The topological polar surface area (TPSA) is 112 Å². The van der Waals surface area contributed by atoms with Crippen molar-refractivity contribution in [1.82, 2.24) is 29.7 Å². The third-order valence-corrected chi connectivity index (χ3v) is 7.57. The van der Waals surface area contributed by atoms with Crippen molar-refractivity contribution in [3.05, 3.63) is 45.9 Å². The number of nitrogens with zero attached hydrogens (tertiary/aromatic N) is 5. The van der Waals surface area contributed by atoms with Gasteiger partial charge in [-0.1, -0.05) is 43.4 Å². The van der Waals surface area contributed by atoms with Crippen LogP contribution in [0.4, 0.5) is 0 Å². The molecule has 5 rings (SSSR count). The number of fused-ring (bicyclic) bond motifs is 1. The maximum absolute atomic E-state index is 11.7. The second-order valence-electron chi connectivity index (χ2n) is 10.0. The van der Waals surface area contributed by atoms with Gasteiger partial charge in [0.1, 0.15) is 11.5 Å². The van der Waals surface area contributed by atoms with Crippen LogP contribution in [0.5, 0.6) is 0 Å². The first-order valence-electron chi connectivity index (χ1n) is 12.4. The van der Waals surface area contributed by atoms with Gasteiger partial charge in [0.05, 0.1) is 28.4 Å². The number of pyridine rings is 2. The highest BCUT2D eigenvalue weighted by atomic mass is 35.5. The lowest BCUT2D eigenvalue weighted by molar-refractivity contribution is 0.176. The third kappa shape index (κ3) is 4.69. The number of aromatic amines is 1. The Hall–Kier alpha value is -3.04. The number of hydrogen-bond acceptors (Lipinski definition) is 7. The predicted molar refractivity (Wildman–Crippen MR) is 138 cm³/mol. The first-order valence-corrected chi connectivity index (χ1v) is 12.8. The standard InChI is InChI=1S/C26H31ClN6O3/c1-14-5-7-17(8-6-14)16(3)33-23-20(30-25(33)15(2)13-35-4)10-21(24-31-26(34)36-32-24)29-22(23)18-9-19(27)12-28-11-18/h9-12,14-17H,5-8,13H2,1-4H3,(H,31,32,34). The van der Waals surface area contributed by atoms with Crippen LogP contribution in [-0.4, -0.2) is 43.4 Å². The Morgan fingerprint density at radius 1 is 1.19 bits per heavy atom. The van der Waals surface area contributed by atoms with E-state index >= 15 is 0 Å². The lowest BCUT2D eigenvalue weighted by Crippen LogP contribution is -2.24. The van der Waals surface area contributed by atoms with Crippen LogP contribution < -0.4 is 5.76 Å². The highest BCUT2D eigenvalue weighted by molar-refractivity contribution is 6.30. The van der Waals surface area contributed by atoms with E-state index in [0.717, 1.165) is 28.3 Å². The van der Waals surface area contributed by atoms with Gasteiger partial charge in [-0.25, -0.2) is 14.8 Å². The van der Waals surface area contributed by atoms with Crippen LogP contribution in [0.3, 0.4) is 0 Å². The zero-order valence-electron chi connectivity index (χ0n) is 21.0. The monoisotopic (exact) mass is 510 g/mol. The van der Waals surface area contributed by atoms with E-state index < -0.39 is 5.76 Å². The van der Waals surface area contributed by atoms with Gasteiger partial charge in [0, 0.05) is 37.0 Å². The minimum absolute atomic E-state index is 0.0630. The number of aromatic nitrogens is 6. The number of imidazole rings is 1. The summed E-state index contributed by atoms with van der Waals surface area (Å²) in [5.41, 5.74) is 3.57. The van der Waals surface area contributed by atoms with Crippen LogP contribution >= 0.6 is 11.6 Å². The molecule has 1 saturated carbocycles. The molecule has 190 valence electrons. The van der Waals surface area contributed by atoms with Gasteiger partial charge in [-0.2, -0.15) is 0 Å². The van der Waals surface area contributed by atoms with E-state index in [4.69, 9.17) is 30.8 Å². The van der Waals surface area contributed by atoms with Crippen molar-refractivity contribution in [2.24, 2.45) is 11.8 Å². The SMILES string of the molecule is COCC(C)c1nc2cc(-c3noc(=O)[nH]3)nc(-c3cncc(Cl)c3)c2n1C(C)C1CCC(C)CC1. The van der Waals surface area contributed by atoms with Gasteiger partial charge in [0.2, 0.25) is 5.82 Å². The maximum Gasteiger partial charge on any atom is 0.439 e. The first kappa shape index (κ1) is 24.6. The molecule has 36 heavy (non-hydrogen) atoms. The van der Waals surface area contributed by atoms with Gasteiger partial charge in [0.25, 0.3) is 0 Å². The summed E-state index contributed by atoms with van der Waals surface area (Å²) >= 11 is 6.34. The number of halogens is 1. The summed E-state index contributed by atoms with van der Waals surface area (Å²) in [6.07, 6.45) is 8.16. The highest BCUT2D eigenvalue weighted by Gasteiger charge is 2.30. The second kappa shape index (κ2) is 10.1. The number of rotatable bonds is 7. The minimum atomic E-state index is -0.641. The average molecular weight is 511 g/mol. The molecule has 0 saturated heterocycles. The van der Waals surface area contributed by atoms with Crippen molar-refractivity contribution in [3.63, 3.8) is 0 Å². The zero-order chi connectivity index (χ0) is 25.4. The van der Waals surface area contributed by atoms with Crippen LogP contribution in [0.15, 0.2) is 33.8 Å². The van der Waals surface area contributed by atoms with E-state index in [0.29, 0.717) is 28.9 Å². The largest absolute Gasteiger partial charge is 0.439 e. The highest BCUT2D eigenvalue weighted by Crippen LogP contribution is 2.41. The van der Waals surface area contributed by atoms with E-state index in [9.17, 15) is 4.79 Å². The molecule has 9 nitrogen and oxygen atoms in total. The third-order valence-electron chi connectivity index (χ3n) is 7.36. The molecular weight excluding hydrogens is 480 g/mol. The van der Waals surface area contributed by atoms with Gasteiger partial charge in [-0.15, -0.1) is 0 Å². The second-order valence-corrected chi connectivity index (χ2v) is 10.5. The minimum Gasteiger partial charge on any atom is -0.384 e. The molecule has 0 aliphatic heterocycles. The fourth-order valence-electron chi connectivity index (χ4n) is 5.41. The quantitative estimate of drug-likeness (QED) is 0.343. The van der Waals surface area contributed by atoms with E-state index in [1.807, 2.05) is 12.1 Å². The van der Waals surface area contributed by atoms with Crippen LogP contribution in [0.2, 0.25) is 5.02 Å². The molecule has 1 N–H and O–H groups in total. The Morgan fingerprint density at radius 3 is 2.64 bits per heavy atom. The van der Waals surface area contributed by atoms with Crippen molar-refractivity contribution in [3.8, 4) is 22.8 Å². The van der Waals surface area contributed by atoms with Crippen LogP contribution in [-0.2, 0) is 4.74 Å². The summed E-state index contributed by atoms with van der Waals surface area (Å²) in [7, 11) is 1.71. The molecule has 0 amide bonds. The Bertz CT molecular complexity index is 1420. The molecular formula is C26H31ClN6O3. The van der Waals surface area contributed by atoms with Gasteiger partial charge in [-0.05, 0) is 43.7 Å². The maximum atomic E-state index is 11.7. The molecule has 2 atom stereocenters. The fraction of sp³-hybridized carbons (Fsp3) is 0.500. The molecule has 0 bridgehead atoms. The lowest BCUT2D eigenvalue weighted by Gasteiger charge is -2.33. The van der Waals surface area contributed by atoms with E-state index in [1.54, 1.807) is 19.5 Å². The number of methoxy groups -OCH3 is 1. The van der Waals surface area contributed by atoms with Gasteiger partial charge < -0.3 is 9.30 Å². The Labute approximate surface area is 214 Å². The molecule has 1 fully saturated rings. The van der Waals surface area contributed by atoms with Gasteiger partial charge >= 0.3 is 5.76 Å². The number of ether oxygens (including phenoxy) is 1. The van der Waals surface area contributed by atoms with Crippen LogP contribution in [0.25, 0.3) is 33.8 Å². The Balaban J connectivity index is 1.77. The summed E-state index contributed by atoms with van der Waals surface area (Å²) in [6.45, 7) is 7.29. The molecule has 4 heterocycles. The van der Waals surface area contributed by atoms with Crippen molar-refractivity contribution in [1.29, 1.82) is 0 Å². The van der Waals surface area contributed by atoms with E-state index in [1.165, 1.54) is 25.7 Å². The molecule has 0 aromatic carbocycles. The smallest absolute Gasteiger partial charge is 0.384 e. The number of nitrogens with one attached hydrogen (secondary N) is 1. The summed E-state index contributed by atoms with van der Waals surface area (Å²) in [6, 6.07) is 3.90. The average Bonchev–Trinajstić information content (AvgIpc) is 3.47. The van der Waals surface area contributed by atoms with Crippen molar-refractivity contribution in [2.75, 3.05) is 13.7 Å². The predicted octanol–water partition coefficient (Wildman–Crippen LogP) is 5.63.